The number of esters is 1. The molecule has 0 aliphatic carbocycles. The van der Waals surface area contributed by atoms with E-state index in [4.69, 9.17) is 4.74 Å². The molecule has 0 aromatic heterocycles. The fourth-order valence-corrected chi connectivity index (χ4v) is 5.51. The van der Waals surface area contributed by atoms with Crippen LogP contribution in [0.5, 0.6) is 0 Å². The van der Waals surface area contributed by atoms with Crippen LogP contribution in [-0.4, -0.2) is 56.3 Å². The molecule has 7 heteroatoms. The molecule has 0 saturated carbocycles. The second-order valence-electron chi connectivity index (χ2n) is 6.69. The van der Waals surface area contributed by atoms with Crippen LogP contribution in [0.15, 0.2) is 0 Å². The van der Waals surface area contributed by atoms with Crippen molar-refractivity contribution < 1.29 is 17.9 Å². The fourth-order valence-electron chi connectivity index (χ4n) is 3.53. The smallest absolute Gasteiger partial charge is 0.310 e. The van der Waals surface area contributed by atoms with Crippen LogP contribution in [0.2, 0.25) is 0 Å². The molecule has 4 unspecified atom stereocenters. The molecular formula is C14H26N2O4S. The van der Waals surface area contributed by atoms with E-state index >= 15 is 0 Å². The predicted molar refractivity (Wildman–Crippen MR) is 79.7 cm³/mol. The summed E-state index contributed by atoms with van der Waals surface area (Å²) in [5, 5.41) is 0. The van der Waals surface area contributed by atoms with Crippen molar-refractivity contribution >= 4 is 16.2 Å². The van der Waals surface area contributed by atoms with Gasteiger partial charge >= 0.3 is 5.97 Å². The van der Waals surface area contributed by atoms with Gasteiger partial charge in [0.2, 0.25) is 0 Å². The van der Waals surface area contributed by atoms with Gasteiger partial charge in [-0.3, -0.25) is 4.79 Å². The van der Waals surface area contributed by atoms with Gasteiger partial charge in [0, 0.05) is 26.2 Å². The molecule has 2 saturated heterocycles. The van der Waals surface area contributed by atoms with Gasteiger partial charge in [-0.05, 0) is 24.2 Å². The molecule has 122 valence electrons. The number of piperidine rings is 1. The Balaban J connectivity index is 2.12. The molecule has 0 aromatic rings. The van der Waals surface area contributed by atoms with Gasteiger partial charge in [0.1, 0.15) is 0 Å². The molecule has 0 spiro atoms. The Kier molecular flexibility index (Phi) is 4.95. The lowest BCUT2D eigenvalue weighted by molar-refractivity contribution is -0.145. The second kappa shape index (κ2) is 6.22. The zero-order chi connectivity index (χ0) is 15.8. The monoisotopic (exact) mass is 318 g/mol. The quantitative estimate of drug-likeness (QED) is 0.727. The Morgan fingerprint density at radius 2 is 1.52 bits per heavy atom. The van der Waals surface area contributed by atoms with E-state index in [1.54, 1.807) is 4.31 Å². The molecule has 2 rings (SSSR count). The molecule has 0 bridgehead atoms. The summed E-state index contributed by atoms with van der Waals surface area (Å²) in [5.41, 5.74) is 0. The number of carbonyl (C=O) groups is 1. The van der Waals surface area contributed by atoms with E-state index in [9.17, 15) is 13.2 Å². The highest BCUT2D eigenvalue weighted by Crippen LogP contribution is 2.30. The maximum absolute atomic E-state index is 12.8. The maximum atomic E-state index is 12.8. The normalized spacial score (nSPS) is 35.8. The first-order valence-corrected chi connectivity index (χ1v) is 8.98. The molecule has 2 heterocycles. The van der Waals surface area contributed by atoms with Crippen molar-refractivity contribution in [3.05, 3.63) is 0 Å². The van der Waals surface area contributed by atoms with Gasteiger partial charge in [-0.25, -0.2) is 0 Å². The lowest BCUT2D eigenvalue weighted by Gasteiger charge is -2.36. The largest absolute Gasteiger partial charge is 0.469 e. The number of methoxy groups -OCH3 is 1. The first-order valence-electron chi connectivity index (χ1n) is 7.58. The Bertz CT molecular complexity index is 483. The van der Waals surface area contributed by atoms with Crippen molar-refractivity contribution in [2.45, 2.75) is 27.2 Å². The van der Waals surface area contributed by atoms with Crippen molar-refractivity contribution in [2.24, 2.45) is 23.7 Å². The Morgan fingerprint density at radius 3 is 2.05 bits per heavy atom. The van der Waals surface area contributed by atoms with Crippen LogP contribution in [0.3, 0.4) is 0 Å². The minimum atomic E-state index is -3.48. The standard InChI is InChI=1S/C14H26N2O4S/c1-10-5-11(2)7-15(6-10)21(18,19)16-8-12(3)13(9-16)14(17)20-4/h10-13H,5-9H2,1-4H3. The number of carbonyl (C=O) groups excluding carboxylic acids is 1. The summed E-state index contributed by atoms with van der Waals surface area (Å²) in [6, 6.07) is 0. The van der Waals surface area contributed by atoms with Crippen molar-refractivity contribution in [2.75, 3.05) is 33.3 Å². The van der Waals surface area contributed by atoms with Gasteiger partial charge in [0.15, 0.2) is 0 Å². The second-order valence-corrected chi connectivity index (χ2v) is 8.62. The van der Waals surface area contributed by atoms with E-state index in [-0.39, 0.29) is 24.3 Å². The molecule has 4 atom stereocenters. The number of rotatable bonds is 3. The van der Waals surface area contributed by atoms with E-state index in [2.05, 4.69) is 13.8 Å². The van der Waals surface area contributed by atoms with Crippen LogP contribution >= 0.6 is 0 Å². The molecule has 21 heavy (non-hydrogen) atoms. The Labute approximate surface area is 127 Å². The van der Waals surface area contributed by atoms with Gasteiger partial charge in [-0.2, -0.15) is 17.0 Å². The fraction of sp³-hybridized carbons (Fsp3) is 0.929. The van der Waals surface area contributed by atoms with Gasteiger partial charge in [0.25, 0.3) is 10.2 Å². The number of hydrogen-bond donors (Lipinski definition) is 0. The number of hydrogen-bond acceptors (Lipinski definition) is 4. The molecule has 0 amide bonds. The van der Waals surface area contributed by atoms with E-state index in [1.165, 1.54) is 11.4 Å². The number of nitrogens with zero attached hydrogens (tertiary/aromatic N) is 2. The third-order valence-corrected chi connectivity index (χ3v) is 6.47. The molecule has 0 N–H and O–H groups in total. The summed E-state index contributed by atoms with van der Waals surface area (Å²) in [7, 11) is -2.13. The highest BCUT2D eigenvalue weighted by atomic mass is 32.2. The zero-order valence-corrected chi connectivity index (χ0v) is 14.1. The Morgan fingerprint density at radius 1 is 1.00 bits per heavy atom. The summed E-state index contributed by atoms with van der Waals surface area (Å²) < 4.78 is 33.4. The van der Waals surface area contributed by atoms with E-state index in [0.29, 0.717) is 31.5 Å². The van der Waals surface area contributed by atoms with E-state index in [0.717, 1.165) is 6.42 Å². The first kappa shape index (κ1) is 16.7. The molecule has 2 aliphatic heterocycles. The lowest BCUT2D eigenvalue weighted by Crippen LogP contribution is -2.49. The summed E-state index contributed by atoms with van der Waals surface area (Å²) >= 11 is 0. The predicted octanol–water partition coefficient (Wildman–Crippen LogP) is 0.950. The van der Waals surface area contributed by atoms with Crippen molar-refractivity contribution in [3.63, 3.8) is 0 Å². The van der Waals surface area contributed by atoms with E-state index < -0.39 is 10.2 Å². The van der Waals surface area contributed by atoms with Crippen LogP contribution in [0, 0.1) is 23.7 Å². The lowest BCUT2D eigenvalue weighted by atomic mass is 9.94. The SMILES string of the molecule is COC(=O)C1CN(S(=O)(=O)N2CC(C)CC(C)C2)CC1C. The molecular weight excluding hydrogens is 292 g/mol. The van der Waals surface area contributed by atoms with Crippen molar-refractivity contribution in [3.8, 4) is 0 Å². The van der Waals surface area contributed by atoms with Gasteiger partial charge in [-0.1, -0.05) is 20.8 Å². The van der Waals surface area contributed by atoms with Crippen molar-refractivity contribution in [1.82, 2.24) is 8.61 Å². The topological polar surface area (TPSA) is 66.9 Å². The average Bonchev–Trinajstić information content (AvgIpc) is 2.79. The molecule has 0 radical (unpaired) electrons. The summed E-state index contributed by atoms with van der Waals surface area (Å²) in [5.74, 6) is 0.0665. The molecule has 2 fully saturated rings. The summed E-state index contributed by atoms with van der Waals surface area (Å²) in [4.78, 5) is 11.7. The van der Waals surface area contributed by atoms with Crippen LogP contribution in [0.1, 0.15) is 27.2 Å². The first-order chi connectivity index (χ1) is 9.75. The molecule has 6 nitrogen and oxygen atoms in total. The van der Waals surface area contributed by atoms with Crippen molar-refractivity contribution in [1.29, 1.82) is 0 Å². The summed E-state index contributed by atoms with van der Waals surface area (Å²) in [6.45, 7) is 7.83. The molecule has 2 aliphatic rings. The van der Waals surface area contributed by atoms with E-state index in [1.807, 2.05) is 6.92 Å². The minimum Gasteiger partial charge on any atom is -0.469 e. The third kappa shape index (κ3) is 3.40. The number of ether oxygens (including phenoxy) is 1. The maximum Gasteiger partial charge on any atom is 0.310 e. The highest BCUT2D eigenvalue weighted by Gasteiger charge is 2.43. The highest BCUT2D eigenvalue weighted by molar-refractivity contribution is 7.86. The third-order valence-electron chi connectivity index (χ3n) is 4.57. The van der Waals surface area contributed by atoms with Gasteiger partial charge in [0.05, 0.1) is 13.0 Å². The zero-order valence-electron chi connectivity index (χ0n) is 13.3. The van der Waals surface area contributed by atoms with Crippen LogP contribution in [0.25, 0.3) is 0 Å². The van der Waals surface area contributed by atoms with Crippen LogP contribution in [-0.2, 0) is 19.7 Å². The van der Waals surface area contributed by atoms with Gasteiger partial charge < -0.3 is 4.74 Å². The molecule has 0 aromatic carbocycles. The van der Waals surface area contributed by atoms with Crippen LogP contribution in [0.4, 0.5) is 0 Å². The minimum absolute atomic E-state index is 0.00753. The summed E-state index contributed by atoms with van der Waals surface area (Å²) in [6.07, 6.45) is 1.06. The average molecular weight is 318 g/mol. The Hall–Kier alpha value is -0.660. The van der Waals surface area contributed by atoms with Gasteiger partial charge in [-0.15, -0.1) is 0 Å². The van der Waals surface area contributed by atoms with Crippen LogP contribution < -0.4 is 0 Å².